The third-order valence-electron chi connectivity index (χ3n) is 2.41. The highest BCUT2D eigenvalue weighted by Gasteiger charge is 2.31. The second-order valence-electron chi connectivity index (χ2n) is 4.13. The highest BCUT2D eigenvalue weighted by atomic mass is 19.4. The number of nitrogens with one attached hydrogen (secondary N) is 1. The second-order valence-corrected chi connectivity index (χ2v) is 4.13. The van der Waals surface area contributed by atoms with Gasteiger partial charge in [-0.3, -0.25) is 0 Å². The van der Waals surface area contributed by atoms with E-state index in [9.17, 15) is 22.8 Å². The molecule has 0 saturated heterocycles. The maximum Gasteiger partial charge on any atom is 0.406 e. The summed E-state index contributed by atoms with van der Waals surface area (Å²) in [6.07, 6.45) is -4.45. The minimum Gasteiger partial charge on any atom is -0.478 e. The molecule has 8 heteroatoms. The molecular formula is C12H13F3N2O3. The number of carbonyl (C=O) groups excluding carboxylic acids is 1. The average Bonchev–Trinajstić information content (AvgIpc) is 2.34. The van der Waals surface area contributed by atoms with E-state index in [1.807, 2.05) is 0 Å². The summed E-state index contributed by atoms with van der Waals surface area (Å²) in [6.45, 7) is -1.32. The third-order valence-corrected chi connectivity index (χ3v) is 2.41. The van der Waals surface area contributed by atoms with Crippen molar-refractivity contribution >= 4 is 12.0 Å². The van der Waals surface area contributed by atoms with Gasteiger partial charge in [-0.15, -0.1) is 0 Å². The smallest absolute Gasteiger partial charge is 0.406 e. The Labute approximate surface area is 113 Å². The monoisotopic (exact) mass is 290 g/mol. The van der Waals surface area contributed by atoms with E-state index in [4.69, 9.17) is 5.11 Å². The summed E-state index contributed by atoms with van der Waals surface area (Å²) in [5, 5.41) is 11.0. The number of alkyl halides is 3. The molecule has 2 amide bonds. The Kier molecular flexibility index (Phi) is 4.95. The zero-order valence-electron chi connectivity index (χ0n) is 10.6. The van der Waals surface area contributed by atoms with Crippen LogP contribution in [0.15, 0.2) is 24.3 Å². The van der Waals surface area contributed by atoms with Crippen LogP contribution in [0.3, 0.4) is 0 Å². The molecule has 0 unspecified atom stereocenters. The van der Waals surface area contributed by atoms with Crippen LogP contribution in [-0.4, -0.2) is 41.8 Å². The molecule has 0 saturated carbocycles. The number of nitrogens with zero attached hydrogens (tertiary/aromatic N) is 1. The SMILES string of the molecule is CN(CC(F)(F)F)C(=O)NCc1ccc(C(=O)O)cc1. The topological polar surface area (TPSA) is 69.6 Å². The molecule has 0 aromatic heterocycles. The standard InChI is InChI=1S/C12H13F3N2O3/c1-17(7-12(13,14)15)11(20)16-6-8-2-4-9(5-3-8)10(18)19/h2-5H,6-7H2,1H3,(H,16,20)(H,18,19). The lowest BCUT2D eigenvalue weighted by molar-refractivity contribution is -0.137. The zero-order valence-corrected chi connectivity index (χ0v) is 10.6. The Balaban J connectivity index is 2.50. The summed E-state index contributed by atoms with van der Waals surface area (Å²) < 4.78 is 36.2. The van der Waals surface area contributed by atoms with Crippen LogP contribution in [-0.2, 0) is 6.54 Å². The number of urea groups is 1. The van der Waals surface area contributed by atoms with Crippen LogP contribution in [0.5, 0.6) is 0 Å². The van der Waals surface area contributed by atoms with E-state index in [2.05, 4.69) is 5.32 Å². The minimum absolute atomic E-state index is 0.0148. The number of carboxylic acids is 1. The predicted molar refractivity (Wildman–Crippen MR) is 64.3 cm³/mol. The van der Waals surface area contributed by atoms with Crippen LogP contribution in [0.25, 0.3) is 0 Å². The number of amides is 2. The lowest BCUT2D eigenvalue weighted by atomic mass is 10.1. The Morgan fingerprint density at radius 3 is 2.25 bits per heavy atom. The van der Waals surface area contributed by atoms with Crippen LogP contribution in [0, 0.1) is 0 Å². The highest BCUT2D eigenvalue weighted by molar-refractivity contribution is 5.87. The molecule has 0 spiro atoms. The van der Waals surface area contributed by atoms with Crippen molar-refractivity contribution in [1.29, 1.82) is 0 Å². The molecule has 1 aromatic rings. The highest BCUT2D eigenvalue weighted by Crippen LogP contribution is 2.15. The number of hydrogen-bond acceptors (Lipinski definition) is 2. The largest absolute Gasteiger partial charge is 0.478 e. The van der Waals surface area contributed by atoms with Crippen LogP contribution in [0.2, 0.25) is 0 Å². The first-order valence-corrected chi connectivity index (χ1v) is 5.57. The fourth-order valence-electron chi connectivity index (χ4n) is 1.42. The molecule has 0 bridgehead atoms. The van der Waals surface area contributed by atoms with Crippen LogP contribution in [0.1, 0.15) is 15.9 Å². The molecule has 1 rings (SSSR count). The summed E-state index contributed by atoms with van der Waals surface area (Å²) in [4.78, 5) is 22.5. The van der Waals surface area contributed by atoms with E-state index in [-0.39, 0.29) is 12.1 Å². The molecule has 0 aliphatic carbocycles. The van der Waals surface area contributed by atoms with Gasteiger partial charge < -0.3 is 15.3 Å². The van der Waals surface area contributed by atoms with Crippen molar-refractivity contribution in [2.75, 3.05) is 13.6 Å². The Bertz CT molecular complexity index is 486. The van der Waals surface area contributed by atoms with Gasteiger partial charge in [-0.1, -0.05) is 12.1 Å². The van der Waals surface area contributed by atoms with Gasteiger partial charge in [-0.05, 0) is 17.7 Å². The van der Waals surface area contributed by atoms with Gasteiger partial charge in [0.2, 0.25) is 0 Å². The number of carbonyl (C=O) groups is 2. The fourth-order valence-corrected chi connectivity index (χ4v) is 1.42. The van der Waals surface area contributed by atoms with Crippen LogP contribution < -0.4 is 5.32 Å². The summed E-state index contributed by atoms with van der Waals surface area (Å²) in [5.41, 5.74) is 0.679. The van der Waals surface area contributed by atoms with Crippen molar-refractivity contribution in [2.45, 2.75) is 12.7 Å². The van der Waals surface area contributed by atoms with Crippen molar-refractivity contribution in [2.24, 2.45) is 0 Å². The zero-order chi connectivity index (χ0) is 15.3. The normalized spacial score (nSPS) is 11.0. The number of hydrogen-bond donors (Lipinski definition) is 2. The van der Waals surface area contributed by atoms with Crippen LogP contribution in [0.4, 0.5) is 18.0 Å². The fraction of sp³-hybridized carbons (Fsp3) is 0.333. The maximum atomic E-state index is 12.1. The first-order chi connectivity index (χ1) is 9.19. The minimum atomic E-state index is -4.45. The average molecular weight is 290 g/mol. The number of benzene rings is 1. The van der Waals surface area contributed by atoms with Gasteiger partial charge in [0.05, 0.1) is 5.56 Å². The van der Waals surface area contributed by atoms with Crippen molar-refractivity contribution in [3.8, 4) is 0 Å². The van der Waals surface area contributed by atoms with Crippen molar-refractivity contribution < 1.29 is 27.9 Å². The Hall–Kier alpha value is -2.25. The molecule has 1 aromatic carbocycles. The maximum absolute atomic E-state index is 12.1. The molecule has 2 N–H and O–H groups in total. The quantitative estimate of drug-likeness (QED) is 0.892. The molecule has 0 heterocycles. The lowest BCUT2D eigenvalue weighted by Gasteiger charge is -2.19. The molecule has 0 radical (unpaired) electrons. The molecule has 20 heavy (non-hydrogen) atoms. The van der Waals surface area contributed by atoms with Gasteiger partial charge >= 0.3 is 18.2 Å². The molecule has 5 nitrogen and oxygen atoms in total. The van der Waals surface area contributed by atoms with Gasteiger partial charge in [0.25, 0.3) is 0 Å². The molecule has 0 aliphatic rings. The van der Waals surface area contributed by atoms with Gasteiger partial charge in [0, 0.05) is 13.6 Å². The molecular weight excluding hydrogens is 277 g/mol. The summed E-state index contributed by atoms with van der Waals surface area (Å²) in [6, 6.07) is 4.80. The van der Waals surface area contributed by atoms with E-state index in [1.165, 1.54) is 24.3 Å². The second kappa shape index (κ2) is 6.27. The van der Waals surface area contributed by atoms with E-state index in [0.717, 1.165) is 7.05 Å². The van der Waals surface area contributed by atoms with E-state index in [0.29, 0.717) is 10.5 Å². The molecule has 0 fully saturated rings. The van der Waals surface area contributed by atoms with Crippen molar-refractivity contribution in [3.05, 3.63) is 35.4 Å². The summed E-state index contributed by atoms with van der Waals surface area (Å²) >= 11 is 0. The number of halogens is 3. The van der Waals surface area contributed by atoms with Crippen molar-refractivity contribution in [3.63, 3.8) is 0 Å². The van der Waals surface area contributed by atoms with E-state index >= 15 is 0 Å². The van der Waals surface area contributed by atoms with Gasteiger partial charge in [0.15, 0.2) is 0 Å². The van der Waals surface area contributed by atoms with Gasteiger partial charge in [-0.2, -0.15) is 13.2 Å². The number of aromatic carboxylic acids is 1. The Morgan fingerprint density at radius 1 is 1.25 bits per heavy atom. The van der Waals surface area contributed by atoms with Gasteiger partial charge in [0.1, 0.15) is 6.54 Å². The molecule has 0 aliphatic heterocycles. The first-order valence-electron chi connectivity index (χ1n) is 5.57. The summed E-state index contributed by atoms with van der Waals surface area (Å²) in [5.74, 6) is -1.08. The van der Waals surface area contributed by atoms with E-state index in [1.54, 1.807) is 0 Å². The molecule has 0 atom stereocenters. The van der Waals surface area contributed by atoms with Crippen LogP contribution >= 0.6 is 0 Å². The summed E-state index contributed by atoms with van der Waals surface area (Å²) in [7, 11) is 1.04. The number of carboxylic acid groups (broad SMARTS) is 1. The van der Waals surface area contributed by atoms with Crippen molar-refractivity contribution in [1.82, 2.24) is 10.2 Å². The molecule has 110 valence electrons. The number of rotatable bonds is 4. The third kappa shape index (κ3) is 5.17. The predicted octanol–water partition coefficient (Wildman–Crippen LogP) is 2.09. The van der Waals surface area contributed by atoms with E-state index < -0.39 is 24.7 Å². The Morgan fingerprint density at radius 2 is 1.80 bits per heavy atom. The van der Waals surface area contributed by atoms with Gasteiger partial charge in [-0.25, -0.2) is 9.59 Å². The lowest BCUT2D eigenvalue weighted by Crippen LogP contribution is -2.41. The first kappa shape index (κ1) is 15.8.